The van der Waals surface area contributed by atoms with Crippen LogP contribution in [-0.2, 0) is 0 Å². The van der Waals surface area contributed by atoms with Crippen LogP contribution < -0.4 is 4.74 Å². The van der Waals surface area contributed by atoms with E-state index in [4.69, 9.17) is 4.74 Å². The minimum Gasteiger partial charge on any atom is -0.496 e. The second-order valence-electron chi connectivity index (χ2n) is 5.39. The molecule has 1 aromatic carbocycles. The Bertz CT molecular complexity index is 387. The fraction of sp³-hybridized carbons (Fsp3) is 0.647. The molecule has 20 heavy (non-hydrogen) atoms. The van der Waals surface area contributed by atoms with E-state index in [-0.39, 0.29) is 0 Å². The quantitative estimate of drug-likeness (QED) is 0.750. The largest absolute Gasteiger partial charge is 0.496 e. The number of benzene rings is 1. The zero-order valence-corrected chi connectivity index (χ0v) is 13.4. The molecule has 0 aliphatic heterocycles. The van der Waals surface area contributed by atoms with E-state index in [0.717, 1.165) is 55.8 Å². The Morgan fingerprint density at radius 3 is 2.35 bits per heavy atom. The smallest absolute Gasteiger partial charge is 0.124 e. The van der Waals surface area contributed by atoms with Gasteiger partial charge in [-0.15, -0.1) is 0 Å². The molecule has 1 atom stereocenters. The van der Waals surface area contributed by atoms with Crippen LogP contribution in [-0.4, -0.2) is 36.8 Å². The van der Waals surface area contributed by atoms with Gasteiger partial charge in [-0.25, -0.2) is 0 Å². The molecule has 1 N–H and O–H groups in total. The summed E-state index contributed by atoms with van der Waals surface area (Å²) in [5, 5.41) is 10.4. The molecule has 0 heterocycles. The lowest BCUT2D eigenvalue weighted by Gasteiger charge is -2.23. The summed E-state index contributed by atoms with van der Waals surface area (Å²) in [5.74, 6) is 0.778. The summed E-state index contributed by atoms with van der Waals surface area (Å²) < 4.78 is 5.35. The third kappa shape index (κ3) is 5.14. The van der Waals surface area contributed by atoms with Crippen LogP contribution in [0.2, 0.25) is 0 Å². The van der Waals surface area contributed by atoms with Crippen molar-refractivity contribution in [2.75, 3.05) is 26.7 Å². The van der Waals surface area contributed by atoms with E-state index in [1.807, 2.05) is 25.1 Å². The van der Waals surface area contributed by atoms with Crippen LogP contribution in [0.1, 0.15) is 50.3 Å². The minimum absolute atomic E-state index is 0.457. The Kier molecular flexibility index (Phi) is 7.63. The van der Waals surface area contributed by atoms with E-state index < -0.39 is 6.10 Å². The molecule has 0 bridgehead atoms. The summed E-state index contributed by atoms with van der Waals surface area (Å²) >= 11 is 0. The van der Waals surface area contributed by atoms with Gasteiger partial charge in [-0.3, -0.25) is 0 Å². The van der Waals surface area contributed by atoms with Gasteiger partial charge < -0.3 is 14.7 Å². The van der Waals surface area contributed by atoms with Crippen molar-refractivity contribution in [3.05, 3.63) is 29.3 Å². The van der Waals surface area contributed by atoms with E-state index >= 15 is 0 Å². The topological polar surface area (TPSA) is 32.7 Å². The molecule has 0 aromatic heterocycles. The molecule has 3 nitrogen and oxygen atoms in total. The number of ether oxygens (including phenoxy) is 1. The van der Waals surface area contributed by atoms with Crippen molar-refractivity contribution < 1.29 is 9.84 Å². The van der Waals surface area contributed by atoms with E-state index in [2.05, 4.69) is 18.7 Å². The van der Waals surface area contributed by atoms with Gasteiger partial charge in [-0.1, -0.05) is 25.5 Å². The molecule has 0 radical (unpaired) electrons. The highest BCUT2D eigenvalue weighted by atomic mass is 16.5. The number of methoxy groups -OCH3 is 1. The molecule has 1 unspecified atom stereocenters. The van der Waals surface area contributed by atoms with Crippen LogP contribution in [0.5, 0.6) is 5.75 Å². The zero-order valence-electron chi connectivity index (χ0n) is 13.4. The first-order valence-electron chi connectivity index (χ1n) is 7.67. The van der Waals surface area contributed by atoms with Crippen molar-refractivity contribution >= 4 is 0 Å². The highest BCUT2D eigenvalue weighted by Crippen LogP contribution is 2.28. The Labute approximate surface area is 123 Å². The van der Waals surface area contributed by atoms with E-state index in [1.165, 1.54) is 0 Å². The van der Waals surface area contributed by atoms with Gasteiger partial charge in [0.1, 0.15) is 5.75 Å². The number of nitrogens with zero attached hydrogens (tertiary/aromatic N) is 1. The van der Waals surface area contributed by atoms with Gasteiger partial charge in [0.05, 0.1) is 13.2 Å². The lowest BCUT2D eigenvalue weighted by atomic mass is 10.0. The van der Waals surface area contributed by atoms with Crippen LogP contribution in [0.4, 0.5) is 0 Å². The third-order valence-electron chi connectivity index (χ3n) is 3.54. The first kappa shape index (κ1) is 17.0. The molecule has 3 heteroatoms. The Balaban J connectivity index is 2.65. The van der Waals surface area contributed by atoms with Crippen molar-refractivity contribution in [3.8, 4) is 5.75 Å². The molecule has 0 fully saturated rings. The second-order valence-corrected chi connectivity index (χ2v) is 5.39. The van der Waals surface area contributed by atoms with E-state index in [0.29, 0.717) is 0 Å². The lowest BCUT2D eigenvalue weighted by Crippen LogP contribution is -2.27. The third-order valence-corrected chi connectivity index (χ3v) is 3.54. The maximum absolute atomic E-state index is 10.4. The van der Waals surface area contributed by atoms with Gasteiger partial charge in [-0.05, 0) is 51.4 Å². The van der Waals surface area contributed by atoms with E-state index in [1.54, 1.807) is 7.11 Å². The SMILES string of the molecule is CCCN(CCC)CCC(O)c1cc(C)ccc1OC. The monoisotopic (exact) mass is 279 g/mol. The summed E-state index contributed by atoms with van der Waals surface area (Å²) in [6.07, 6.45) is 2.61. The molecule has 0 amide bonds. The van der Waals surface area contributed by atoms with Gasteiger partial charge in [0.15, 0.2) is 0 Å². The van der Waals surface area contributed by atoms with E-state index in [9.17, 15) is 5.11 Å². The van der Waals surface area contributed by atoms with Crippen LogP contribution in [0.3, 0.4) is 0 Å². The Hall–Kier alpha value is -1.06. The number of hydrogen-bond acceptors (Lipinski definition) is 3. The van der Waals surface area contributed by atoms with Crippen LogP contribution in [0.15, 0.2) is 18.2 Å². The van der Waals surface area contributed by atoms with Gasteiger partial charge in [0.25, 0.3) is 0 Å². The molecule has 0 saturated heterocycles. The zero-order chi connectivity index (χ0) is 15.0. The van der Waals surface area contributed by atoms with Gasteiger partial charge in [-0.2, -0.15) is 0 Å². The maximum Gasteiger partial charge on any atom is 0.124 e. The first-order valence-corrected chi connectivity index (χ1v) is 7.67. The Morgan fingerprint density at radius 2 is 1.80 bits per heavy atom. The summed E-state index contributed by atoms with van der Waals surface area (Å²) in [6, 6.07) is 5.97. The van der Waals surface area contributed by atoms with Gasteiger partial charge >= 0.3 is 0 Å². The number of rotatable bonds is 9. The lowest BCUT2D eigenvalue weighted by molar-refractivity contribution is 0.138. The minimum atomic E-state index is -0.457. The molecule has 0 saturated carbocycles. The highest BCUT2D eigenvalue weighted by Gasteiger charge is 2.15. The fourth-order valence-corrected chi connectivity index (χ4v) is 2.54. The summed E-state index contributed by atoms with van der Waals surface area (Å²) in [5.41, 5.74) is 2.05. The summed E-state index contributed by atoms with van der Waals surface area (Å²) in [7, 11) is 1.65. The molecular formula is C17H29NO2. The van der Waals surface area contributed by atoms with Crippen molar-refractivity contribution in [1.29, 1.82) is 0 Å². The van der Waals surface area contributed by atoms with Crippen molar-refractivity contribution in [1.82, 2.24) is 4.90 Å². The maximum atomic E-state index is 10.4. The predicted molar refractivity (Wildman–Crippen MR) is 84.3 cm³/mol. The predicted octanol–water partition coefficient (Wildman–Crippen LogP) is 3.55. The number of aliphatic hydroxyl groups excluding tert-OH is 1. The van der Waals surface area contributed by atoms with Gasteiger partial charge in [0.2, 0.25) is 0 Å². The summed E-state index contributed by atoms with van der Waals surface area (Å²) in [4.78, 5) is 2.42. The van der Waals surface area contributed by atoms with Gasteiger partial charge in [0, 0.05) is 12.1 Å². The molecular weight excluding hydrogens is 250 g/mol. The molecule has 0 aliphatic rings. The highest BCUT2D eigenvalue weighted by molar-refractivity contribution is 5.38. The second kappa shape index (κ2) is 8.98. The average Bonchev–Trinajstić information content (AvgIpc) is 2.45. The summed E-state index contributed by atoms with van der Waals surface area (Å²) in [6.45, 7) is 9.57. The molecule has 1 rings (SSSR count). The Morgan fingerprint density at radius 1 is 1.15 bits per heavy atom. The number of hydrogen-bond donors (Lipinski definition) is 1. The molecule has 0 aliphatic carbocycles. The number of aryl methyl sites for hydroxylation is 1. The van der Waals surface area contributed by atoms with Crippen molar-refractivity contribution in [2.24, 2.45) is 0 Å². The molecule has 0 spiro atoms. The van der Waals surface area contributed by atoms with Crippen LogP contribution >= 0.6 is 0 Å². The standard InChI is InChI=1S/C17H29NO2/c1-5-10-18(11-6-2)12-9-16(19)15-13-14(3)7-8-17(15)20-4/h7-8,13,16,19H,5-6,9-12H2,1-4H3. The average molecular weight is 279 g/mol. The van der Waals surface area contributed by atoms with Crippen LogP contribution in [0, 0.1) is 6.92 Å². The fourth-order valence-electron chi connectivity index (χ4n) is 2.54. The normalized spacial score (nSPS) is 12.7. The molecule has 1 aromatic rings. The van der Waals surface area contributed by atoms with Crippen molar-refractivity contribution in [2.45, 2.75) is 46.1 Å². The first-order chi connectivity index (χ1) is 9.62. The molecule has 114 valence electrons. The van der Waals surface area contributed by atoms with Crippen molar-refractivity contribution in [3.63, 3.8) is 0 Å². The van der Waals surface area contributed by atoms with Crippen LogP contribution in [0.25, 0.3) is 0 Å². The number of aliphatic hydroxyl groups is 1.